The Hall–Kier alpha value is -2.04. The number of aliphatic hydroxyl groups is 1. The number of anilines is 1. The van der Waals surface area contributed by atoms with Crippen molar-refractivity contribution in [3.8, 4) is 0 Å². The Kier molecular flexibility index (Phi) is 6.45. The van der Waals surface area contributed by atoms with E-state index in [4.69, 9.17) is 5.11 Å². The van der Waals surface area contributed by atoms with Crippen molar-refractivity contribution in [2.24, 2.45) is 0 Å². The minimum Gasteiger partial charge on any atom is -0.396 e. The quantitative estimate of drug-likeness (QED) is 0.374. The van der Waals surface area contributed by atoms with Crippen LogP contribution in [-0.2, 0) is 11.2 Å². The van der Waals surface area contributed by atoms with Crippen molar-refractivity contribution in [1.82, 2.24) is 15.0 Å². The first kappa shape index (κ1) is 19.3. The van der Waals surface area contributed by atoms with Crippen LogP contribution in [0.25, 0.3) is 0 Å². The van der Waals surface area contributed by atoms with Gasteiger partial charge in [0.25, 0.3) is 5.56 Å². The minimum atomic E-state index is -0.314. The third kappa shape index (κ3) is 4.97. The molecule has 0 spiro atoms. The highest BCUT2D eigenvalue weighted by Gasteiger charge is 2.14. The van der Waals surface area contributed by atoms with E-state index in [0.29, 0.717) is 32.1 Å². The summed E-state index contributed by atoms with van der Waals surface area (Å²) in [5, 5.41) is 12.3. The van der Waals surface area contributed by atoms with Crippen LogP contribution < -0.4 is 10.9 Å². The normalized spacial score (nSPS) is 10.7. The average molecular weight is 382 g/mol. The van der Waals surface area contributed by atoms with Crippen molar-refractivity contribution in [3.05, 3.63) is 32.2 Å². The van der Waals surface area contributed by atoms with Crippen molar-refractivity contribution < 1.29 is 14.7 Å². The number of aryl methyl sites for hydroxylation is 2. The number of amides is 1. The number of hydrogen-bond donors (Lipinski definition) is 3. The number of Topliss-reactive ketones (excluding diaryl/α,β-unsaturated/α-hetero) is 1. The van der Waals surface area contributed by atoms with E-state index < -0.39 is 0 Å². The number of nitrogens with zero attached hydrogens (tertiary/aromatic N) is 2. The van der Waals surface area contributed by atoms with Gasteiger partial charge in [-0.25, -0.2) is 9.97 Å². The summed E-state index contributed by atoms with van der Waals surface area (Å²) in [5.74, 6) is -0.367. The second-order valence-corrected chi connectivity index (χ2v) is 7.20. The lowest BCUT2D eigenvalue weighted by atomic mass is 10.2. The first-order valence-corrected chi connectivity index (χ1v) is 9.23. The maximum absolute atomic E-state index is 12.0. The molecule has 10 heteroatoms. The Bertz CT molecular complexity index is 860. The third-order valence-corrected chi connectivity index (χ3v) is 5.31. The van der Waals surface area contributed by atoms with Crippen LogP contribution in [0.4, 0.5) is 5.13 Å². The highest BCUT2D eigenvalue weighted by Crippen LogP contribution is 2.23. The molecule has 0 fully saturated rings. The first-order valence-electron chi connectivity index (χ1n) is 7.43. The van der Waals surface area contributed by atoms with Gasteiger partial charge in [0.15, 0.2) is 16.1 Å². The number of H-pyrrole nitrogens is 1. The molecule has 0 saturated heterocycles. The van der Waals surface area contributed by atoms with Crippen LogP contribution in [0.15, 0.2) is 9.95 Å². The number of thiazole rings is 1. The number of nitrogens with one attached hydrogen (secondary N) is 2. The Morgan fingerprint density at radius 1 is 1.28 bits per heavy atom. The van der Waals surface area contributed by atoms with Gasteiger partial charge in [-0.1, -0.05) is 23.1 Å². The molecule has 0 atom stereocenters. The van der Waals surface area contributed by atoms with Crippen LogP contribution >= 0.6 is 23.1 Å². The van der Waals surface area contributed by atoms with Crippen molar-refractivity contribution in [2.75, 3.05) is 17.7 Å². The number of aromatic amines is 1. The van der Waals surface area contributed by atoms with Gasteiger partial charge in [-0.05, 0) is 13.8 Å². The molecule has 0 bridgehead atoms. The molecule has 2 rings (SSSR count). The fourth-order valence-corrected chi connectivity index (χ4v) is 3.71. The highest BCUT2D eigenvalue weighted by atomic mass is 32.2. The topological polar surface area (TPSA) is 125 Å². The van der Waals surface area contributed by atoms with Gasteiger partial charge in [-0.3, -0.25) is 14.4 Å². The van der Waals surface area contributed by atoms with Gasteiger partial charge in [0.05, 0.1) is 16.3 Å². The number of hydrogen-bond acceptors (Lipinski definition) is 8. The van der Waals surface area contributed by atoms with Gasteiger partial charge in [-0.15, -0.1) is 0 Å². The SMILES string of the molecule is CC(=O)c1sc(NC(=O)CSc2nc(C)c(CCO)c(=O)[nH]2)nc1C. The molecule has 25 heavy (non-hydrogen) atoms. The van der Waals surface area contributed by atoms with Gasteiger partial charge in [0.1, 0.15) is 0 Å². The average Bonchev–Trinajstić information content (AvgIpc) is 2.89. The second-order valence-electron chi connectivity index (χ2n) is 5.24. The molecule has 0 saturated carbocycles. The van der Waals surface area contributed by atoms with Crippen LogP contribution in [0.3, 0.4) is 0 Å². The molecule has 0 unspecified atom stereocenters. The van der Waals surface area contributed by atoms with Crippen molar-refractivity contribution in [3.63, 3.8) is 0 Å². The number of ketones is 1. The van der Waals surface area contributed by atoms with E-state index in [9.17, 15) is 14.4 Å². The molecule has 2 aromatic heterocycles. The maximum atomic E-state index is 12.0. The molecule has 0 aliphatic rings. The van der Waals surface area contributed by atoms with Crippen molar-refractivity contribution in [2.45, 2.75) is 32.3 Å². The summed E-state index contributed by atoms with van der Waals surface area (Å²) in [5.41, 5.74) is 1.24. The Balaban J connectivity index is 1.99. The van der Waals surface area contributed by atoms with Crippen LogP contribution in [0.1, 0.15) is 33.5 Å². The van der Waals surface area contributed by atoms with E-state index in [0.717, 1.165) is 23.1 Å². The Morgan fingerprint density at radius 3 is 2.56 bits per heavy atom. The lowest BCUT2D eigenvalue weighted by molar-refractivity contribution is -0.113. The summed E-state index contributed by atoms with van der Waals surface area (Å²) in [6.07, 6.45) is 0.238. The van der Waals surface area contributed by atoms with Crippen molar-refractivity contribution >= 4 is 39.9 Å². The van der Waals surface area contributed by atoms with Crippen LogP contribution in [0.2, 0.25) is 0 Å². The van der Waals surface area contributed by atoms with E-state index in [1.54, 1.807) is 13.8 Å². The number of aromatic nitrogens is 3. The smallest absolute Gasteiger partial charge is 0.255 e. The summed E-state index contributed by atoms with van der Waals surface area (Å²) in [6.45, 7) is 4.72. The summed E-state index contributed by atoms with van der Waals surface area (Å²) in [4.78, 5) is 46.8. The van der Waals surface area contributed by atoms with Gasteiger partial charge >= 0.3 is 0 Å². The number of carbonyl (C=O) groups excluding carboxylic acids is 2. The standard InChI is InChI=1S/C15H18N4O4S2/c1-7-10(4-5-20)13(23)19-14(16-7)24-6-11(22)18-15-17-8(2)12(25-15)9(3)21/h20H,4-6H2,1-3H3,(H,16,19,23)(H,17,18,22). The first-order chi connectivity index (χ1) is 11.8. The second kappa shape index (κ2) is 8.37. The predicted octanol–water partition coefficient (Wildman–Crippen LogP) is 1.31. The summed E-state index contributed by atoms with van der Waals surface area (Å²) < 4.78 is 0. The summed E-state index contributed by atoms with van der Waals surface area (Å²) >= 11 is 2.22. The van der Waals surface area contributed by atoms with E-state index in [1.807, 2.05) is 0 Å². The maximum Gasteiger partial charge on any atom is 0.255 e. The molecule has 134 valence electrons. The molecular weight excluding hydrogens is 364 g/mol. The van der Waals surface area contributed by atoms with Gasteiger partial charge in [-0.2, -0.15) is 0 Å². The molecule has 0 aromatic carbocycles. The van der Waals surface area contributed by atoms with E-state index in [2.05, 4.69) is 20.3 Å². The number of thioether (sulfide) groups is 1. The van der Waals surface area contributed by atoms with Crippen LogP contribution in [0, 0.1) is 13.8 Å². The number of aliphatic hydroxyl groups excluding tert-OH is 1. The minimum absolute atomic E-state index is 0.0375. The van der Waals surface area contributed by atoms with Gasteiger partial charge in [0, 0.05) is 31.2 Å². The van der Waals surface area contributed by atoms with E-state index in [-0.39, 0.29) is 36.0 Å². The molecule has 0 aliphatic carbocycles. The molecule has 8 nitrogen and oxygen atoms in total. The third-order valence-electron chi connectivity index (χ3n) is 3.27. The van der Waals surface area contributed by atoms with E-state index in [1.165, 1.54) is 6.92 Å². The van der Waals surface area contributed by atoms with Crippen LogP contribution in [0.5, 0.6) is 0 Å². The molecular formula is C15H18N4O4S2. The summed E-state index contributed by atoms with van der Waals surface area (Å²) in [6, 6.07) is 0. The number of carbonyl (C=O) groups is 2. The highest BCUT2D eigenvalue weighted by molar-refractivity contribution is 7.99. The number of rotatable bonds is 7. The molecule has 2 heterocycles. The zero-order valence-corrected chi connectivity index (χ0v) is 15.6. The lowest BCUT2D eigenvalue weighted by Gasteiger charge is -2.06. The molecule has 0 radical (unpaired) electrons. The fraction of sp³-hybridized carbons (Fsp3) is 0.400. The van der Waals surface area contributed by atoms with Crippen molar-refractivity contribution in [1.29, 1.82) is 0 Å². The Morgan fingerprint density at radius 2 is 2.00 bits per heavy atom. The zero-order chi connectivity index (χ0) is 18.6. The van der Waals surface area contributed by atoms with Gasteiger partial charge < -0.3 is 15.4 Å². The molecule has 3 N–H and O–H groups in total. The largest absolute Gasteiger partial charge is 0.396 e. The monoisotopic (exact) mass is 382 g/mol. The molecule has 0 aliphatic heterocycles. The van der Waals surface area contributed by atoms with E-state index >= 15 is 0 Å². The Labute approximate surface area is 152 Å². The zero-order valence-electron chi connectivity index (χ0n) is 14.0. The predicted molar refractivity (Wildman–Crippen MR) is 96.6 cm³/mol. The molecule has 1 amide bonds. The molecule has 2 aromatic rings. The fourth-order valence-electron chi connectivity index (χ4n) is 2.12. The lowest BCUT2D eigenvalue weighted by Crippen LogP contribution is -2.19. The summed E-state index contributed by atoms with van der Waals surface area (Å²) in [7, 11) is 0. The van der Waals surface area contributed by atoms with Gasteiger partial charge in [0.2, 0.25) is 5.91 Å². The van der Waals surface area contributed by atoms with Crippen LogP contribution in [-0.4, -0.2) is 44.1 Å².